The van der Waals surface area contributed by atoms with Crippen molar-refractivity contribution in [3.63, 3.8) is 0 Å². The van der Waals surface area contributed by atoms with Gasteiger partial charge < -0.3 is 9.84 Å². The van der Waals surface area contributed by atoms with E-state index in [1.54, 1.807) is 0 Å². The number of epoxide rings is 1. The third kappa shape index (κ3) is 3.32. The van der Waals surface area contributed by atoms with Gasteiger partial charge in [-0.2, -0.15) is 0 Å². The minimum Gasteiger partial charge on any atom is -0.386 e. The Balaban J connectivity index is 1.76. The van der Waals surface area contributed by atoms with Gasteiger partial charge in [0.2, 0.25) is 0 Å². The highest BCUT2D eigenvalue weighted by Gasteiger charge is 2.47. The Morgan fingerprint density at radius 2 is 2.06 bits per heavy atom. The largest absolute Gasteiger partial charge is 0.386 e. The minimum absolute atomic E-state index is 0.131. The highest BCUT2D eigenvalue weighted by atomic mass is 16.6. The van der Waals surface area contributed by atoms with Crippen molar-refractivity contribution in [1.29, 1.82) is 0 Å². The zero-order chi connectivity index (χ0) is 12.7. The zero-order valence-electron chi connectivity index (χ0n) is 11.6. The maximum absolute atomic E-state index is 9.86. The van der Waals surface area contributed by atoms with Crippen LogP contribution in [0.25, 0.3) is 0 Å². The van der Waals surface area contributed by atoms with Crippen molar-refractivity contribution in [2.24, 2.45) is 11.8 Å². The van der Waals surface area contributed by atoms with Gasteiger partial charge in [-0.3, -0.25) is 0 Å². The molecule has 2 heteroatoms. The van der Waals surface area contributed by atoms with Crippen molar-refractivity contribution in [1.82, 2.24) is 0 Å². The minimum atomic E-state index is -0.572. The van der Waals surface area contributed by atoms with Gasteiger partial charge in [0, 0.05) is 0 Å². The highest BCUT2D eigenvalue weighted by molar-refractivity contribution is 5.06. The van der Waals surface area contributed by atoms with Gasteiger partial charge in [-0.1, -0.05) is 19.1 Å². The summed E-state index contributed by atoms with van der Waals surface area (Å²) >= 11 is 0. The second-order valence-corrected chi connectivity index (χ2v) is 6.68. The van der Waals surface area contributed by atoms with Crippen LogP contribution in [0, 0.1) is 11.8 Å². The van der Waals surface area contributed by atoms with E-state index in [9.17, 15) is 5.11 Å². The van der Waals surface area contributed by atoms with E-state index in [0.29, 0.717) is 17.9 Å². The van der Waals surface area contributed by atoms with Crippen LogP contribution in [-0.4, -0.2) is 22.4 Å². The molecule has 4 unspecified atom stereocenters. The molecule has 0 saturated carbocycles. The molecular weight excluding hydrogens is 212 g/mol. The van der Waals surface area contributed by atoms with Crippen molar-refractivity contribution < 1.29 is 9.84 Å². The first kappa shape index (κ1) is 13.1. The second-order valence-electron chi connectivity index (χ2n) is 6.68. The Bertz CT molecular complexity index is 304. The molecular formula is C15H26O2. The van der Waals surface area contributed by atoms with E-state index in [0.717, 1.165) is 12.8 Å². The normalized spacial score (nSPS) is 41.2. The van der Waals surface area contributed by atoms with Gasteiger partial charge in [-0.05, 0) is 58.3 Å². The molecule has 1 N–H and O–H groups in total. The molecule has 2 rings (SSSR count). The molecule has 0 aromatic heterocycles. The summed E-state index contributed by atoms with van der Waals surface area (Å²) < 4.78 is 5.62. The van der Waals surface area contributed by atoms with Crippen molar-refractivity contribution in [2.75, 3.05) is 0 Å². The average molecular weight is 238 g/mol. The van der Waals surface area contributed by atoms with Crippen molar-refractivity contribution in [3.05, 3.63) is 12.2 Å². The van der Waals surface area contributed by atoms with E-state index in [2.05, 4.69) is 26.8 Å². The zero-order valence-corrected chi connectivity index (χ0v) is 11.6. The number of hydrogen-bond acceptors (Lipinski definition) is 2. The first-order valence-electron chi connectivity index (χ1n) is 6.90. The van der Waals surface area contributed by atoms with Gasteiger partial charge in [-0.15, -0.1) is 0 Å². The first-order chi connectivity index (χ1) is 7.80. The Kier molecular flexibility index (Phi) is 3.39. The quantitative estimate of drug-likeness (QED) is 0.602. The average Bonchev–Trinajstić information content (AvgIpc) is 2.83. The smallest absolute Gasteiger partial charge is 0.0892 e. The van der Waals surface area contributed by atoms with Gasteiger partial charge in [0.1, 0.15) is 0 Å². The molecule has 1 aliphatic carbocycles. The number of rotatable bonds is 4. The molecule has 1 heterocycles. The summed E-state index contributed by atoms with van der Waals surface area (Å²) in [5, 5.41) is 9.86. The fourth-order valence-electron chi connectivity index (χ4n) is 2.81. The Morgan fingerprint density at radius 1 is 1.41 bits per heavy atom. The van der Waals surface area contributed by atoms with Crippen LogP contribution >= 0.6 is 0 Å². The molecule has 2 aliphatic rings. The topological polar surface area (TPSA) is 32.8 Å². The number of ether oxygens (including phenoxy) is 1. The fourth-order valence-corrected chi connectivity index (χ4v) is 2.81. The van der Waals surface area contributed by atoms with Gasteiger partial charge in [0.25, 0.3) is 0 Å². The fraction of sp³-hybridized carbons (Fsp3) is 0.867. The van der Waals surface area contributed by atoms with Gasteiger partial charge in [-0.25, -0.2) is 0 Å². The lowest BCUT2D eigenvalue weighted by molar-refractivity contribution is 0.0830. The van der Waals surface area contributed by atoms with E-state index in [-0.39, 0.29) is 5.60 Å². The summed E-state index contributed by atoms with van der Waals surface area (Å²) in [6.07, 6.45) is 9.08. The summed E-state index contributed by atoms with van der Waals surface area (Å²) in [6.45, 7) is 8.55. The maximum atomic E-state index is 9.86. The predicted molar refractivity (Wildman–Crippen MR) is 69.8 cm³/mol. The van der Waals surface area contributed by atoms with E-state index in [1.807, 2.05) is 13.0 Å². The molecule has 17 heavy (non-hydrogen) atoms. The molecule has 0 amide bonds. The molecule has 0 aromatic carbocycles. The molecule has 2 nitrogen and oxygen atoms in total. The summed E-state index contributed by atoms with van der Waals surface area (Å²) in [4.78, 5) is 0. The number of hydrogen-bond donors (Lipinski definition) is 1. The first-order valence-corrected chi connectivity index (χ1v) is 6.90. The molecule has 0 bridgehead atoms. The Labute approximate surface area is 105 Å². The summed E-state index contributed by atoms with van der Waals surface area (Å²) in [7, 11) is 0. The van der Waals surface area contributed by atoms with Crippen LogP contribution in [0.4, 0.5) is 0 Å². The summed E-state index contributed by atoms with van der Waals surface area (Å²) in [6, 6.07) is 0. The summed E-state index contributed by atoms with van der Waals surface area (Å²) in [5.74, 6) is 1.33. The Hall–Kier alpha value is -0.340. The maximum Gasteiger partial charge on any atom is 0.0892 e. The lowest BCUT2D eigenvalue weighted by Gasteiger charge is -2.30. The molecule has 0 spiro atoms. The van der Waals surface area contributed by atoms with Crippen LogP contribution in [0.1, 0.15) is 53.4 Å². The van der Waals surface area contributed by atoms with E-state index in [4.69, 9.17) is 4.74 Å². The molecule has 1 aliphatic heterocycles. The molecule has 98 valence electrons. The van der Waals surface area contributed by atoms with Crippen LogP contribution in [0.3, 0.4) is 0 Å². The second kappa shape index (κ2) is 4.40. The van der Waals surface area contributed by atoms with Crippen molar-refractivity contribution in [3.8, 4) is 0 Å². The van der Waals surface area contributed by atoms with E-state index >= 15 is 0 Å². The van der Waals surface area contributed by atoms with Crippen LogP contribution in [0.2, 0.25) is 0 Å². The third-order valence-corrected chi connectivity index (χ3v) is 4.47. The molecule has 4 atom stereocenters. The van der Waals surface area contributed by atoms with Gasteiger partial charge in [0.05, 0.1) is 17.3 Å². The number of aliphatic hydroxyl groups is 1. The van der Waals surface area contributed by atoms with Gasteiger partial charge >= 0.3 is 0 Å². The summed E-state index contributed by atoms with van der Waals surface area (Å²) in [5.41, 5.74) is -0.441. The third-order valence-electron chi connectivity index (χ3n) is 4.47. The van der Waals surface area contributed by atoms with Crippen molar-refractivity contribution in [2.45, 2.75) is 70.7 Å². The number of allylic oxidation sites excluding steroid dienone is 1. The van der Waals surface area contributed by atoms with Gasteiger partial charge in [0.15, 0.2) is 0 Å². The monoisotopic (exact) mass is 238 g/mol. The molecule has 1 saturated heterocycles. The lowest BCUT2D eigenvalue weighted by Crippen LogP contribution is -2.27. The lowest BCUT2D eigenvalue weighted by atomic mass is 9.78. The predicted octanol–water partition coefficient (Wildman–Crippen LogP) is 3.30. The van der Waals surface area contributed by atoms with Crippen LogP contribution in [0.15, 0.2) is 12.2 Å². The standard InChI is InChI=1S/C15H26O2/c1-11(5-6-13-14(2,3)17-13)12-7-9-15(4,16)10-8-12/h7,9,11-13,16H,5-6,8,10H2,1-4H3. The molecule has 1 fully saturated rings. The SMILES string of the molecule is CC(CCC1OC1(C)C)C1C=CC(C)(O)CC1. The van der Waals surface area contributed by atoms with Crippen LogP contribution in [-0.2, 0) is 4.74 Å². The van der Waals surface area contributed by atoms with Crippen molar-refractivity contribution >= 4 is 0 Å². The molecule has 0 aromatic rings. The van der Waals surface area contributed by atoms with E-state index in [1.165, 1.54) is 12.8 Å². The highest BCUT2D eigenvalue weighted by Crippen LogP contribution is 2.40. The Morgan fingerprint density at radius 3 is 2.53 bits per heavy atom. The molecule has 0 radical (unpaired) electrons. The van der Waals surface area contributed by atoms with Crippen LogP contribution < -0.4 is 0 Å². The van der Waals surface area contributed by atoms with Crippen LogP contribution in [0.5, 0.6) is 0 Å². The van der Waals surface area contributed by atoms with E-state index < -0.39 is 5.60 Å².